The van der Waals surface area contributed by atoms with Gasteiger partial charge in [-0.15, -0.1) is 0 Å². The van der Waals surface area contributed by atoms with Gasteiger partial charge < -0.3 is 15.1 Å². The predicted molar refractivity (Wildman–Crippen MR) is 98.3 cm³/mol. The minimum atomic E-state index is -0.145. The highest BCUT2D eigenvalue weighted by Crippen LogP contribution is 2.31. The van der Waals surface area contributed by atoms with Crippen LogP contribution in [0, 0.1) is 5.92 Å². The van der Waals surface area contributed by atoms with Crippen LogP contribution in [0.1, 0.15) is 44.9 Å². The molecule has 3 aliphatic rings. The molecule has 6 heteroatoms. The first kappa shape index (κ1) is 18.6. The Hall–Kier alpha value is -1.14. The highest BCUT2D eigenvalue weighted by atomic mass is 16.2. The maximum atomic E-state index is 12.7. The molecule has 0 aromatic heterocycles. The summed E-state index contributed by atoms with van der Waals surface area (Å²) in [5, 5.41) is 3.24. The molecule has 0 aliphatic carbocycles. The minimum Gasteiger partial charge on any atom is -0.354 e. The van der Waals surface area contributed by atoms with Crippen molar-refractivity contribution in [3.05, 3.63) is 0 Å². The van der Waals surface area contributed by atoms with E-state index in [0.717, 1.165) is 52.0 Å². The largest absolute Gasteiger partial charge is 0.354 e. The molecule has 0 saturated carbocycles. The SMILES string of the molecule is CN1CCC(CNC(=O)C2CCN(C)C(=O)C2)(N2CCCCC2)CC1. The number of hydrogen-bond donors (Lipinski definition) is 1. The Morgan fingerprint density at radius 3 is 2.40 bits per heavy atom. The number of nitrogens with zero attached hydrogens (tertiary/aromatic N) is 3. The van der Waals surface area contributed by atoms with Crippen LogP contribution in [0.4, 0.5) is 0 Å². The summed E-state index contributed by atoms with van der Waals surface area (Å²) in [5.74, 6) is 0.0292. The zero-order valence-electron chi connectivity index (χ0n) is 15.9. The second-order valence-electron chi connectivity index (χ2n) is 8.30. The summed E-state index contributed by atoms with van der Waals surface area (Å²) in [6.07, 6.45) is 7.27. The van der Waals surface area contributed by atoms with Gasteiger partial charge in [0.05, 0.1) is 0 Å². The van der Waals surface area contributed by atoms with E-state index in [1.165, 1.54) is 19.3 Å². The van der Waals surface area contributed by atoms with E-state index in [4.69, 9.17) is 0 Å². The number of rotatable bonds is 4. The van der Waals surface area contributed by atoms with E-state index in [1.54, 1.807) is 4.90 Å². The van der Waals surface area contributed by atoms with E-state index < -0.39 is 0 Å². The van der Waals surface area contributed by atoms with Gasteiger partial charge in [0.1, 0.15) is 0 Å². The van der Waals surface area contributed by atoms with Crippen molar-refractivity contribution < 1.29 is 9.59 Å². The maximum absolute atomic E-state index is 12.7. The van der Waals surface area contributed by atoms with Crippen LogP contribution in [0.2, 0.25) is 0 Å². The topological polar surface area (TPSA) is 55.9 Å². The fourth-order valence-corrected chi connectivity index (χ4v) is 4.57. The third-order valence-corrected chi connectivity index (χ3v) is 6.57. The van der Waals surface area contributed by atoms with Gasteiger partial charge in [-0.1, -0.05) is 6.42 Å². The summed E-state index contributed by atoms with van der Waals surface area (Å²) in [4.78, 5) is 31.3. The number of piperidine rings is 3. The number of amides is 2. The van der Waals surface area contributed by atoms with Crippen LogP contribution in [0.15, 0.2) is 0 Å². The third-order valence-electron chi connectivity index (χ3n) is 6.57. The molecule has 3 fully saturated rings. The fourth-order valence-electron chi connectivity index (χ4n) is 4.57. The van der Waals surface area contributed by atoms with Crippen LogP contribution in [-0.4, -0.2) is 85.4 Å². The Morgan fingerprint density at radius 2 is 1.76 bits per heavy atom. The Morgan fingerprint density at radius 1 is 1.08 bits per heavy atom. The van der Waals surface area contributed by atoms with Crippen molar-refractivity contribution in [2.24, 2.45) is 5.92 Å². The van der Waals surface area contributed by atoms with E-state index in [0.29, 0.717) is 13.0 Å². The van der Waals surface area contributed by atoms with Crippen LogP contribution in [0.25, 0.3) is 0 Å². The summed E-state index contributed by atoms with van der Waals surface area (Å²) in [6, 6.07) is 0. The van der Waals surface area contributed by atoms with Gasteiger partial charge in [0, 0.05) is 38.0 Å². The lowest BCUT2D eigenvalue weighted by Crippen LogP contribution is -2.61. The molecule has 142 valence electrons. The number of nitrogens with one attached hydrogen (secondary N) is 1. The molecular weight excluding hydrogens is 316 g/mol. The van der Waals surface area contributed by atoms with Crippen molar-refractivity contribution >= 4 is 11.8 Å². The molecule has 0 aromatic rings. The normalized spacial score (nSPS) is 28.8. The molecule has 1 N–H and O–H groups in total. The molecule has 1 atom stereocenters. The first-order chi connectivity index (χ1) is 12.0. The van der Waals surface area contributed by atoms with Crippen molar-refractivity contribution in [1.82, 2.24) is 20.0 Å². The highest BCUT2D eigenvalue weighted by molar-refractivity contribution is 5.86. The Bertz CT molecular complexity index is 482. The molecule has 3 heterocycles. The van der Waals surface area contributed by atoms with Crippen molar-refractivity contribution in [2.75, 3.05) is 53.4 Å². The van der Waals surface area contributed by atoms with Crippen molar-refractivity contribution in [1.29, 1.82) is 0 Å². The summed E-state index contributed by atoms with van der Waals surface area (Å²) in [5.41, 5.74) is 0.109. The second kappa shape index (κ2) is 8.04. The summed E-state index contributed by atoms with van der Waals surface area (Å²) in [6.45, 7) is 5.94. The molecule has 3 rings (SSSR count). The van der Waals surface area contributed by atoms with Gasteiger partial charge >= 0.3 is 0 Å². The van der Waals surface area contributed by atoms with Gasteiger partial charge in [-0.25, -0.2) is 0 Å². The summed E-state index contributed by atoms with van der Waals surface area (Å²) < 4.78 is 0. The molecule has 0 spiro atoms. The van der Waals surface area contributed by atoms with Crippen LogP contribution >= 0.6 is 0 Å². The molecule has 25 heavy (non-hydrogen) atoms. The lowest BCUT2D eigenvalue weighted by molar-refractivity contribution is -0.139. The predicted octanol–water partition coefficient (Wildman–Crippen LogP) is 0.921. The third kappa shape index (κ3) is 4.34. The standard InChI is InChI=1S/C19H34N4O2/c1-21-12-7-19(8-13-21,23-9-4-3-5-10-23)15-20-18(25)16-6-11-22(2)17(24)14-16/h16H,3-15H2,1-2H3,(H,20,25). The Balaban J connectivity index is 1.60. The average Bonchev–Trinajstić information content (AvgIpc) is 2.64. The van der Waals surface area contributed by atoms with Crippen LogP contribution in [-0.2, 0) is 9.59 Å². The number of hydrogen-bond acceptors (Lipinski definition) is 4. The smallest absolute Gasteiger partial charge is 0.223 e. The molecule has 0 aromatic carbocycles. The molecule has 3 saturated heterocycles. The number of likely N-dealkylation sites (tertiary alicyclic amines) is 3. The Kier molecular flexibility index (Phi) is 6.00. The quantitative estimate of drug-likeness (QED) is 0.819. The van der Waals surface area contributed by atoms with Gasteiger partial charge in [-0.05, 0) is 65.3 Å². The zero-order chi connectivity index (χ0) is 17.9. The fraction of sp³-hybridized carbons (Fsp3) is 0.895. The van der Waals surface area contributed by atoms with Gasteiger partial charge in [-0.2, -0.15) is 0 Å². The lowest BCUT2D eigenvalue weighted by Gasteiger charge is -2.50. The zero-order valence-corrected chi connectivity index (χ0v) is 15.9. The first-order valence-corrected chi connectivity index (χ1v) is 9.95. The second-order valence-corrected chi connectivity index (χ2v) is 8.30. The molecule has 6 nitrogen and oxygen atoms in total. The van der Waals surface area contributed by atoms with Crippen LogP contribution < -0.4 is 5.32 Å². The van der Waals surface area contributed by atoms with E-state index in [2.05, 4.69) is 22.2 Å². The number of carbonyl (C=O) groups excluding carboxylic acids is 2. The van der Waals surface area contributed by atoms with E-state index in [9.17, 15) is 9.59 Å². The van der Waals surface area contributed by atoms with Crippen molar-refractivity contribution in [3.8, 4) is 0 Å². The van der Waals surface area contributed by atoms with Gasteiger partial charge in [0.15, 0.2) is 0 Å². The molecule has 3 aliphatic heterocycles. The molecule has 0 bridgehead atoms. The molecule has 2 amide bonds. The number of carbonyl (C=O) groups is 2. The first-order valence-electron chi connectivity index (χ1n) is 9.95. The Labute approximate surface area is 151 Å². The van der Waals surface area contributed by atoms with Gasteiger partial charge in [0.2, 0.25) is 11.8 Å². The highest BCUT2D eigenvalue weighted by Gasteiger charge is 2.40. The average molecular weight is 351 g/mol. The van der Waals surface area contributed by atoms with Crippen molar-refractivity contribution in [2.45, 2.75) is 50.5 Å². The molecule has 0 radical (unpaired) electrons. The lowest BCUT2D eigenvalue weighted by atomic mass is 9.83. The van der Waals surface area contributed by atoms with E-state index in [1.807, 2.05) is 7.05 Å². The van der Waals surface area contributed by atoms with Crippen LogP contribution in [0.5, 0.6) is 0 Å². The van der Waals surface area contributed by atoms with Gasteiger partial charge in [0.25, 0.3) is 0 Å². The van der Waals surface area contributed by atoms with E-state index in [-0.39, 0.29) is 23.3 Å². The molecule has 1 unspecified atom stereocenters. The molecular formula is C19H34N4O2. The maximum Gasteiger partial charge on any atom is 0.223 e. The minimum absolute atomic E-state index is 0.0803. The monoisotopic (exact) mass is 350 g/mol. The van der Waals surface area contributed by atoms with E-state index >= 15 is 0 Å². The summed E-state index contributed by atoms with van der Waals surface area (Å²) >= 11 is 0. The van der Waals surface area contributed by atoms with Crippen LogP contribution in [0.3, 0.4) is 0 Å². The summed E-state index contributed by atoms with van der Waals surface area (Å²) in [7, 11) is 4.00. The van der Waals surface area contributed by atoms with Gasteiger partial charge in [-0.3, -0.25) is 14.5 Å². The van der Waals surface area contributed by atoms with Crippen molar-refractivity contribution in [3.63, 3.8) is 0 Å².